The molecule has 5 rings (SSSR count). The van der Waals surface area contributed by atoms with E-state index in [2.05, 4.69) is 53.4 Å². The molecule has 4 heteroatoms. The number of fused-ring (bicyclic) bond motifs is 1. The normalized spacial score (nSPS) is 18.8. The fourth-order valence-corrected chi connectivity index (χ4v) is 6.45. The summed E-state index contributed by atoms with van der Waals surface area (Å²) in [6.45, 7) is 5.38. The van der Waals surface area contributed by atoms with E-state index in [9.17, 15) is 5.11 Å². The Morgan fingerprint density at radius 2 is 1.40 bits per heavy atom. The summed E-state index contributed by atoms with van der Waals surface area (Å²) < 4.78 is 12.2. The summed E-state index contributed by atoms with van der Waals surface area (Å²) in [5, 5.41) is 10.2. The van der Waals surface area contributed by atoms with Crippen molar-refractivity contribution in [2.75, 3.05) is 32.8 Å². The number of phenols is 1. The van der Waals surface area contributed by atoms with Crippen LogP contribution in [0.4, 0.5) is 0 Å². The Kier molecular flexibility index (Phi) is 10.8. The number of benzene rings is 3. The van der Waals surface area contributed by atoms with Gasteiger partial charge in [-0.3, -0.25) is 0 Å². The number of unbranched alkanes of at least 4 members (excludes halogenated alkanes) is 8. The first-order valence-corrected chi connectivity index (χ1v) is 15.7. The third-order valence-corrected chi connectivity index (χ3v) is 8.70. The lowest BCUT2D eigenvalue weighted by Crippen LogP contribution is -2.25. The molecule has 214 valence electrons. The van der Waals surface area contributed by atoms with Crippen molar-refractivity contribution >= 4 is 0 Å². The Labute approximate surface area is 241 Å². The topological polar surface area (TPSA) is 41.9 Å². The Hall–Kier alpha value is -2.98. The fourth-order valence-electron chi connectivity index (χ4n) is 6.45. The molecule has 0 amide bonds. The maximum atomic E-state index is 10.2. The van der Waals surface area contributed by atoms with E-state index in [1.807, 2.05) is 18.2 Å². The molecule has 3 aromatic rings. The number of phenolic OH excluding ortho intramolecular Hbond substituents is 1. The Balaban J connectivity index is 1.03. The van der Waals surface area contributed by atoms with E-state index in [1.165, 1.54) is 95.0 Å². The largest absolute Gasteiger partial charge is 0.508 e. The molecule has 40 heavy (non-hydrogen) atoms. The minimum absolute atomic E-state index is 0.109. The summed E-state index contributed by atoms with van der Waals surface area (Å²) in [4.78, 5) is 2.63. The zero-order chi connectivity index (χ0) is 27.4. The Bertz CT molecular complexity index is 1140. The molecular formula is C36H47NO3. The molecule has 3 aromatic carbocycles. The van der Waals surface area contributed by atoms with Crippen LogP contribution in [0.1, 0.15) is 99.2 Å². The van der Waals surface area contributed by atoms with Crippen molar-refractivity contribution in [3.8, 4) is 17.2 Å². The third kappa shape index (κ3) is 8.04. The summed E-state index contributed by atoms with van der Waals surface area (Å²) in [7, 11) is 0. The molecule has 1 saturated heterocycles. The van der Waals surface area contributed by atoms with E-state index in [0.717, 1.165) is 30.1 Å². The van der Waals surface area contributed by atoms with Crippen molar-refractivity contribution in [1.82, 2.24) is 4.90 Å². The highest BCUT2D eigenvalue weighted by atomic mass is 16.5. The monoisotopic (exact) mass is 541 g/mol. The average molecular weight is 542 g/mol. The van der Waals surface area contributed by atoms with Crippen LogP contribution in [0.25, 0.3) is 0 Å². The second-order valence-electron chi connectivity index (χ2n) is 11.7. The molecule has 2 aliphatic rings. The van der Waals surface area contributed by atoms with Crippen LogP contribution in [0.2, 0.25) is 0 Å². The highest BCUT2D eigenvalue weighted by Crippen LogP contribution is 2.47. The van der Waals surface area contributed by atoms with Crippen LogP contribution in [0.5, 0.6) is 17.2 Å². The third-order valence-electron chi connectivity index (χ3n) is 8.70. The van der Waals surface area contributed by atoms with Crippen molar-refractivity contribution in [2.45, 2.75) is 82.5 Å². The maximum Gasteiger partial charge on any atom is 0.123 e. The number of hydrogen-bond donors (Lipinski definition) is 1. The second-order valence-corrected chi connectivity index (χ2v) is 11.7. The first kappa shape index (κ1) is 28.5. The van der Waals surface area contributed by atoms with E-state index in [-0.39, 0.29) is 17.6 Å². The van der Waals surface area contributed by atoms with Crippen molar-refractivity contribution in [1.29, 1.82) is 0 Å². The zero-order valence-electron chi connectivity index (χ0n) is 24.1. The molecule has 0 bridgehead atoms. The number of ether oxygens (including phenoxy) is 2. The van der Waals surface area contributed by atoms with Gasteiger partial charge in [-0.05, 0) is 86.8 Å². The van der Waals surface area contributed by atoms with Crippen LogP contribution in [-0.4, -0.2) is 42.9 Å². The molecule has 0 unspecified atom stereocenters. The molecule has 1 N–H and O–H groups in total. The van der Waals surface area contributed by atoms with Crippen LogP contribution >= 0.6 is 0 Å². The van der Waals surface area contributed by atoms with Crippen LogP contribution in [-0.2, 0) is 0 Å². The Morgan fingerprint density at radius 1 is 0.725 bits per heavy atom. The maximum absolute atomic E-state index is 10.2. The second kappa shape index (κ2) is 15.1. The smallest absolute Gasteiger partial charge is 0.123 e. The molecule has 4 nitrogen and oxygen atoms in total. The van der Waals surface area contributed by atoms with Gasteiger partial charge in [0.2, 0.25) is 0 Å². The van der Waals surface area contributed by atoms with Gasteiger partial charge in [-0.1, -0.05) is 87.4 Å². The predicted molar refractivity (Wildman–Crippen MR) is 164 cm³/mol. The van der Waals surface area contributed by atoms with Crippen LogP contribution in [0.3, 0.4) is 0 Å². The summed E-state index contributed by atoms with van der Waals surface area (Å²) in [5.74, 6) is 2.34. The summed E-state index contributed by atoms with van der Waals surface area (Å²) in [6.07, 6.45) is 14.8. The van der Waals surface area contributed by atoms with Crippen molar-refractivity contribution in [2.24, 2.45) is 0 Å². The number of rotatable bonds is 15. The van der Waals surface area contributed by atoms with Gasteiger partial charge in [0.05, 0.1) is 13.2 Å². The van der Waals surface area contributed by atoms with E-state index in [0.29, 0.717) is 6.61 Å². The van der Waals surface area contributed by atoms with Gasteiger partial charge in [0.25, 0.3) is 0 Å². The summed E-state index contributed by atoms with van der Waals surface area (Å²) in [5.41, 5.74) is 3.50. The van der Waals surface area contributed by atoms with E-state index < -0.39 is 0 Å². The molecule has 0 aliphatic carbocycles. The summed E-state index contributed by atoms with van der Waals surface area (Å²) >= 11 is 0. The molecule has 0 radical (unpaired) electrons. The van der Waals surface area contributed by atoms with Crippen molar-refractivity contribution in [3.63, 3.8) is 0 Å². The van der Waals surface area contributed by atoms with E-state index in [4.69, 9.17) is 9.47 Å². The minimum Gasteiger partial charge on any atom is -0.508 e. The lowest BCUT2D eigenvalue weighted by Gasteiger charge is -2.34. The highest BCUT2D eigenvalue weighted by molar-refractivity contribution is 5.51. The zero-order valence-corrected chi connectivity index (χ0v) is 24.1. The number of hydrogen-bond acceptors (Lipinski definition) is 4. The highest BCUT2D eigenvalue weighted by Gasteiger charge is 2.33. The molecule has 2 atom stereocenters. The molecule has 0 aromatic heterocycles. The van der Waals surface area contributed by atoms with Gasteiger partial charge in [-0.25, -0.2) is 0 Å². The molecule has 0 saturated carbocycles. The number of aromatic hydroxyl groups is 1. The lowest BCUT2D eigenvalue weighted by molar-refractivity contribution is 0.248. The average Bonchev–Trinajstić information content (AvgIpc) is 3.51. The van der Waals surface area contributed by atoms with Crippen LogP contribution in [0, 0.1) is 0 Å². The van der Waals surface area contributed by atoms with Gasteiger partial charge in [0, 0.05) is 17.4 Å². The van der Waals surface area contributed by atoms with Gasteiger partial charge < -0.3 is 19.5 Å². The van der Waals surface area contributed by atoms with Crippen molar-refractivity contribution in [3.05, 3.63) is 89.5 Å². The number of nitrogens with zero attached hydrogens (tertiary/aromatic N) is 1. The molecule has 2 heterocycles. The Morgan fingerprint density at radius 3 is 2.12 bits per heavy atom. The SMILES string of the molecule is Oc1ccc2c(c1)[C@H](c1ccc(OCCCCCCCCCCCN3CCCC3)cc1)[C@@H](c1ccccc1)CO2. The van der Waals surface area contributed by atoms with Gasteiger partial charge in [-0.15, -0.1) is 0 Å². The van der Waals surface area contributed by atoms with Gasteiger partial charge >= 0.3 is 0 Å². The summed E-state index contributed by atoms with van der Waals surface area (Å²) in [6, 6.07) is 24.5. The quantitative estimate of drug-likeness (QED) is 0.195. The minimum atomic E-state index is 0.109. The van der Waals surface area contributed by atoms with Crippen molar-refractivity contribution < 1.29 is 14.6 Å². The van der Waals surface area contributed by atoms with Gasteiger partial charge in [-0.2, -0.15) is 0 Å². The van der Waals surface area contributed by atoms with E-state index in [1.54, 1.807) is 6.07 Å². The molecule has 1 fully saturated rings. The van der Waals surface area contributed by atoms with E-state index >= 15 is 0 Å². The predicted octanol–water partition coefficient (Wildman–Crippen LogP) is 8.69. The first-order valence-electron chi connectivity index (χ1n) is 15.7. The standard InChI is InChI=1S/C36H47NO3/c38-31-19-22-35-33(27-31)36(34(28-40-35)29-15-9-8-10-16-29)30-17-20-32(21-18-30)39-26-14-7-5-3-1-2-4-6-11-23-37-24-12-13-25-37/h8-10,15-22,27,34,36,38H,1-7,11-14,23-26,28H2/t34-,36+/m1/s1. The molecular weight excluding hydrogens is 494 g/mol. The van der Waals surface area contributed by atoms with Gasteiger partial charge in [0.1, 0.15) is 17.2 Å². The van der Waals surface area contributed by atoms with Gasteiger partial charge in [0.15, 0.2) is 0 Å². The van der Waals surface area contributed by atoms with Crippen LogP contribution < -0.4 is 9.47 Å². The lowest BCUT2D eigenvalue weighted by atomic mass is 9.76. The first-order chi connectivity index (χ1) is 19.8. The molecule has 0 spiro atoms. The number of likely N-dealkylation sites (tertiary alicyclic amines) is 1. The molecule has 2 aliphatic heterocycles. The fraction of sp³-hybridized carbons (Fsp3) is 0.500. The van der Waals surface area contributed by atoms with Crippen LogP contribution in [0.15, 0.2) is 72.8 Å².